The van der Waals surface area contributed by atoms with Crippen molar-refractivity contribution in [1.82, 2.24) is 0 Å². The summed E-state index contributed by atoms with van der Waals surface area (Å²) in [5.41, 5.74) is 0.453. The second kappa shape index (κ2) is 7.88. The lowest BCUT2D eigenvalue weighted by molar-refractivity contribution is -0.122. The number of hydrogen-bond acceptors (Lipinski definition) is 4. The van der Waals surface area contributed by atoms with Crippen molar-refractivity contribution < 1.29 is 23.4 Å². The van der Waals surface area contributed by atoms with E-state index in [0.29, 0.717) is 22.9 Å². The Morgan fingerprint density at radius 2 is 1.83 bits per heavy atom. The van der Waals surface area contributed by atoms with Gasteiger partial charge in [0.1, 0.15) is 23.1 Å². The lowest BCUT2D eigenvalue weighted by atomic mass is 10.2. The van der Waals surface area contributed by atoms with E-state index in [0.717, 1.165) is 0 Å². The van der Waals surface area contributed by atoms with E-state index in [1.165, 1.54) is 32.4 Å². The quantitative estimate of drug-likeness (QED) is 0.855. The highest BCUT2D eigenvalue weighted by Crippen LogP contribution is 2.29. The summed E-state index contributed by atoms with van der Waals surface area (Å²) in [5.74, 6) is 0.400. The van der Waals surface area contributed by atoms with E-state index in [4.69, 9.17) is 25.8 Å². The molecule has 2 aromatic carbocycles. The lowest BCUT2D eigenvalue weighted by Gasteiger charge is -2.17. The number of rotatable bonds is 6. The smallest absolute Gasteiger partial charge is 0.265 e. The van der Waals surface area contributed by atoms with Crippen molar-refractivity contribution in [1.29, 1.82) is 0 Å². The molecule has 1 atom stereocenters. The Labute approximate surface area is 144 Å². The monoisotopic (exact) mass is 353 g/mol. The molecule has 0 aliphatic heterocycles. The molecule has 2 aromatic rings. The van der Waals surface area contributed by atoms with Crippen LogP contribution in [-0.2, 0) is 4.79 Å². The van der Waals surface area contributed by atoms with E-state index in [1.807, 2.05) is 0 Å². The van der Waals surface area contributed by atoms with Crippen LogP contribution < -0.4 is 19.5 Å². The minimum atomic E-state index is -0.831. The van der Waals surface area contributed by atoms with E-state index in [9.17, 15) is 9.18 Å². The van der Waals surface area contributed by atoms with Gasteiger partial charge in [-0.2, -0.15) is 0 Å². The molecule has 0 spiro atoms. The number of benzene rings is 2. The van der Waals surface area contributed by atoms with E-state index >= 15 is 0 Å². The van der Waals surface area contributed by atoms with Crippen molar-refractivity contribution in [2.45, 2.75) is 13.0 Å². The molecular formula is C17H17ClFNO4. The Morgan fingerprint density at radius 3 is 2.46 bits per heavy atom. The first-order valence-corrected chi connectivity index (χ1v) is 7.47. The van der Waals surface area contributed by atoms with Crippen molar-refractivity contribution in [2.24, 2.45) is 0 Å². The summed E-state index contributed by atoms with van der Waals surface area (Å²) >= 11 is 5.69. The Kier molecular flexibility index (Phi) is 5.87. The van der Waals surface area contributed by atoms with E-state index in [-0.39, 0.29) is 5.02 Å². The average Bonchev–Trinajstić information content (AvgIpc) is 2.58. The van der Waals surface area contributed by atoms with Crippen molar-refractivity contribution in [3.63, 3.8) is 0 Å². The van der Waals surface area contributed by atoms with Gasteiger partial charge in [-0.3, -0.25) is 4.79 Å². The van der Waals surface area contributed by atoms with Crippen molar-refractivity contribution in [3.05, 3.63) is 47.2 Å². The summed E-state index contributed by atoms with van der Waals surface area (Å²) < 4.78 is 29.0. The molecule has 1 N–H and O–H groups in total. The number of carbonyl (C=O) groups is 1. The first-order chi connectivity index (χ1) is 11.4. The summed E-state index contributed by atoms with van der Waals surface area (Å²) in [7, 11) is 3.02. The van der Waals surface area contributed by atoms with Gasteiger partial charge >= 0.3 is 0 Å². The number of anilines is 1. The van der Waals surface area contributed by atoms with Crippen molar-refractivity contribution >= 4 is 23.2 Å². The zero-order valence-corrected chi connectivity index (χ0v) is 14.2. The highest BCUT2D eigenvalue weighted by atomic mass is 35.5. The summed E-state index contributed by atoms with van der Waals surface area (Å²) in [6.45, 7) is 1.57. The molecule has 0 heterocycles. The first-order valence-electron chi connectivity index (χ1n) is 7.09. The van der Waals surface area contributed by atoms with Crippen LogP contribution in [0, 0.1) is 5.82 Å². The highest BCUT2D eigenvalue weighted by molar-refractivity contribution is 6.30. The van der Waals surface area contributed by atoms with E-state index < -0.39 is 17.8 Å². The van der Waals surface area contributed by atoms with E-state index in [1.54, 1.807) is 25.1 Å². The van der Waals surface area contributed by atoms with Crippen LogP contribution in [-0.4, -0.2) is 26.2 Å². The van der Waals surface area contributed by atoms with Crippen LogP contribution >= 0.6 is 11.6 Å². The third-order valence-electron chi connectivity index (χ3n) is 3.24. The second-order valence-electron chi connectivity index (χ2n) is 4.89. The number of ether oxygens (including phenoxy) is 3. The minimum absolute atomic E-state index is 0.0745. The highest BCUT2D eigenvalue weighted by Gasteiger charge is 2.18. The summed E-state index contributed by atoms with van der Waals surface area (Å²) in [5, 5.41) is 2.63. The molecule has 0 saturated carbocycles. The van der Waals surface area contributed by atoms with Crippen LogP contribution in [0.4, 0.5) is 10.1 Å². The van der Waals surface area contributed by atoms with Crippen LogP contribution in [0.1, 0.15) is 6.92 Å². The summed E-state index contributed by atoms with van der Waals surface area (Å²) in [6, 6.07) is 8.92. The number of nitrogens with one attached hydrogen (secondary N) is 1. The molecule has 0 radical (unpaired) electrons. The molecule has 0 fully saturated rings. The molecule has 0 bridgehead atoms. The molecule has 1 unspecified atom stereocenters. The average molecular weight is 354 g/mol. The fraction of sp³-hybridized carbons (Fsp3) is 0.235. The van der Waals surface area contributed by atoms with Gasteiger partial charge in [0.05, 0.1) is 24.9 Å². The summed E-state index contributed by atoms with van der Waals surface area (Å²) in [6.07, 6.45) is -0.831. The summed E-state index contributed by atoms with van der Waals surface area (Å²) in [4.78, 5) is 12.3. The molecule has 0 saturated heterocycles. The Balaban J connectivity index is 2.09. The van der Waals surface area contributed by atoms with Crippen LogP contribution in [0.25, 0.3) is 0 Å². The second-order valence-corrected chi connectivity index (χ2v) is 5.30. The molecule has 1 amide bonds. The van der Waals surface area contributed by atoms with Gasteiger partial charge in [-0.25, -0.2) is 4.39 Å². The third-order valence-corrected chi connectivity index (χ3v) is 3.53. The van der Waals surface area contributed by atoms with Gasteiger partial charge in [0.25, 0.3) is 5.91 Å². The number of carbonyl (C=O) groups excluding carboxylic acids is 1. The van der Waals surface area contributed by atoms with Gasteiger partial charge in [-0.1, -0.05) is 11.6 Å². The predicted octanol–water partition coefficient (Wildman–Crippen LogP) is 3.90. The topological polar surface area (TPSA) is 56.8 Å². The Bertz CT molecular complexity index is 739. The first kappa shape index (κ1) is 17.9. The Morgan fingerprint density at radius 1 is 1.12 bits per heavy atom. The Hall–Kier alpha value is -2.47. The number of methoxy groups -OCH3 is 2. The van der Waals surface area contributed by atoms with Gasteiger partial charge in [0.2, 0.25) is 0 Å². The number of hydrogen-bond donors (Lipinski definition) is 1. The van der Waals surface area contributed by atoms with Crippen molar-refractivity contribution in [2.75, 3.05) is 19.5 Å². The maximum atomic E-state index is 13.1. The fourth-order valence-corrected chi connectivity index (χ4v) is 2.12. The van der Waals surface area contributed by atoms with Gasteiger partial charge in [0, 0.05) is 12.1 Å². The molecule has 2 rings (SSSR count). The third kappa shape index (κ3) is 4.29. The SMILES string of the molecule is COc1ccc(OC)c(NC(=O)C(C)Oc2ccc(F)c(Cl)c2)c1. The van der Waals surface area contributed by atoms with E-state index in [2.05, 4.69) is 5.32 Å². The van der Waals surface area contributed by atoms with Gasteiger partial charge in [-0.15, -0.1) is 0 Å². The van der Waals surface area contributed by atoms with Gasteiger partial charge in [-0.05, 0) is 31.2 Å². The standard InChI is InChI=1S/C17H17ClFNO4/c1-10(24-12-4-6-14(19)13(18)8-12)17(21)20-15-9-11(22-2)5-7-16(15)23-3/h4-10H,1-3H3,(H,20,21). The van der Waals surface area contributed by atoms with Gasteiger partial charge < -0.3 is 19.5 Å². The zero-order valence-electron chi connectivity index (χ0n) is 13.4. The maximum absolute atomic E-state index is 13.1. The number of halogens is 2. The van der Waals surface area contributed by atoms with Gasteiger partial charge in [0.15, 0.2) is 6.10 Å². The van der Waals surface area contributed by atoms with Crippen LogP contribution in [0.3, 0.4) is 0 Å². The van der Waals surface area contributed by atoms with Crippen LogP contribution in [0.2, 0.25) is 5.02 Å². The number of amides is 1. The van der Waals surface area contributed by atoms with Crippen LogP contribution in [0.5, 0.6) is 17.2 Å². The molecule has 0 aliphatic rings. The fourth-order valence-electron chi connectivity index (χ4n) is 1.95. The normalized spacial score (nSPS) is 11.5. The predicted molar refractivity (Wildman–Crippen MR) is 89.7 cm³/mol. The molecular weight excluding hydrogens is 337 g/mol. The largest absolute Gasteiger partial charge is 0.497 e. The molecule has 128 valence electrons. The maximum Gasteiger partial charge on any atom is 0.265 e. The molecule has 5 nitrogen and oxygen atoms in total. The zero-order chi connectivity index (χ0) is 17.7. The molecule has 24 heavy (non-hydrogen) atoms. The van der Waals surface area contributed by atoms with Crippen molar-refractivity contribution in [3.8, 4) is 17.2 Å². The molecule has 0 aromatic heterocycles. The minimum Gasteiger partial charge on any atom is -0.497 e. The molecule has 0 aliphatic carbocycles. The van der Waals surface area contributed by atoms with Crippen LogP contribution in [0.15, 0.2) is 36.4 Å². The molecule has 7 heteroatoms. The lowest BCUT2D eigenvalue weighted by Crippen LogP contribution is -2.30.